The second kappa shape index (κ2) is 4.38. The fourth-order valence-electron chi connectivity index (χ4n) is 3.63. The van der Waals surface area contributed by atoms with E-state index < -0.39 is 0 Å². The molecule has 0 aliphatic carbocycles. The quantitative estimate of drug-likeness (QED) is 0.845. The molecule has 2 aliphatic heterocycles. The van der Waals surface area contributed by atoms with Crippen LogP contribution in [-0.2, 0) is 0 Å². The number of rotatable bonds is 2. The molecule has 0 aromatic carbocycles. The van der Waals surface area contributed by atoms with Gasteiger partial charge in [-0.3, -0.25) is 4.79 Å². The highest BCUT2D eigenvalue weighted by Crippen LogP contribution is 2.32. The normalized spacial score (nSPS) is 28.9. The molecule has 0 amide bonds. The Hall–Kier alpha value is -1.75. The Morgan fingerprint density at radius 2 is 2.10 bits per heavy atom. The van der Waals surface area contributed by atoms with E-state index in [-0.39, 0.29) is 11.7 Å². The van der Waals surface area contributed by atoms with Crippen molar-refractivity contribution in [2.45, 2.75) is 44.7 Å². The number of ketones is 1. The van der Waals surface area contributed by atoms with Crippen molar-refractivity contribution < 1.29 is 4.79 Å². The lowest BCUT2D eigenvalue weighted by atomic mass is 9.87. The maximum atomic E-state index is 12.7. The van der Waals surface area contributed by atoms with Crippen LogP contribution in [0.15, 0.2) is 18.5 Å². The molecule has 2 unspecified atom stereocenters. The van der Waals surface area contributed by atoms with E-state index >= 15 is 0 Å². The van der Waals surface area contributed by atoms with Gasteiger partial charge >= 0.3 is 0 Å². The lowest BCUT2D eigenvalue weighted by molar-refractivity contribution is 0.0874. The van der Waals surface area contributed by atoms with Gasteiger partial charge in [-0.15, -0.1) is 0 Å². The fraction of sp³-hybridized carbons (Fsp3) is 0.533. The highest BCUT2D eigenvalue weighted by atomic mass is 16.1. The van der Waals surface area contributed by atoms with Crippen LogP contribution in [0, 0.1) is 12.8 Å². The Kier molecular flexibility index (Phi) is 2.63. The molecule has 4 rings (SSSR count). The first-order valence-corrected chi connectivity index (χ1v) is 7.31. The zero-order chi connectivity index (χ0) is 13.7. The van der Waals surface area contributed by atoms with E-state index in [1.54, 1.807) is 10.7 Å². The molecule has 104 valence electrons. The summed E-state index contributed by atoms with van der Waals surface area (Å²) >= 11 is 0. The molecule has 2 bridgehead atoms. The topological polar surface area (TPSA) is 59.3 Å². The van der Waals surface area contributed by atoms with Crippen LogP contribution in [0.25, 0.3) is 5.65 Å². The van der Waals surface area contributed by atoms with Gasteiger partial charge in [0.25, 0.3) is 0 Å². The zero-order valence-electron chi connectivity index (χ0n) is 11.5. The molecule has 2 saturated heterocycles. The molecule has 0 spiro atoms. The van der Waals surface area contributed by atoms with E-state index in [1.165, 1.54) is 12.8 Å². The van der Waals surface area contributed by atoms with Crippen molar-refractivity contribution in [1.82, 2.24) is 19.9 Å². The molecule has 0 radical (unpaired) electrons. The third-order valence-corrected chi connectivity index (χ3v) is 4.56. The standard InChI is InChI=1S/C15H18N4O/c1-9-4-14-16-7-11(8-19(14)18-9)15(20)10-5-12-2-3-13(6-10)17-12/h4,7-8,10,12-13,17H,2-3,5-6H2,1H3. The van der Waals surface area contributed by atoms with Crippen LogP contribution in [0.4, 0.5) is 0 Å². The smallest absolute Gasteiger partial charge is 0.169 e. The zero-order valence-corrected chi connectivity index (χ0v) is 11.5. The third-order valence-electron chi connectivity index (χ3n) is 4.56. The summed E-state index contributed by atoms with van der Waals surface area (Å²) in [6, 6.07) is 2.98. The van der Waals surface area contributed by atoms with Crippen LogP contribution in [0.1, 0.15) is 41.7 Å². The predicted octanol–water partition coefficient (Wildman–Crippen LogP) is 1.75. The molecule has 2 atom stereocenters. The van der Waals surface area contributed by atoms with Gasteiger partial charge in [-0.25, -0.2) is 9.50 Å². The van der Waals surface area contributed by atoms with E-state index in [9.17, 15) is 4.79 Å². The summed E-state index contributed by atoms with van der Waals surface area (Å²) in [7, 11) is 0. The number of hydrogen-bond donors (Lipinski definition) is 1. The predicted molar refractivity (Wildman–Crippen MR) is 74.7 cm³/mol. The number of carbonyl (C=O) groups excluding carboxylic acids is 1. The number of hydrogen-bond acceptors (Lipinski definition) is 4. The van der Waals surface area contributed by atoms with Crippen molar-refractivity contribution in [2.24, 2.45) is 5.92 Å². The van der Waals surface area contributed by atoms with Gasteiger partial charge in [0, 0.05) is 36.5 Å². The van der Waals surface area contributed by atoms with Crippen LogP contribution in [0.3, 0.4) is 0 Å². The maximum absolute atomic E-state index is 12.7. The van der Waals surface area contributed by atoms with Crippen molar-refractivity contribution in [3.63, 3.8) is 0 Å². The summed E-state index contributed by atoms with van der Waals surface area (Å²) in [5, 5.41) is 7.91. The molecule has 2 aromatic heterocycles. The summed E-state index contributed by atoms with van der Waals surface area (Å²) in [5.41, 5.74) is 2.40. The number of Topliss-reactive ketones (excluding diaryl/α,β-unsaturated/α-hetero) is 1. The molecule has 2 aliphatic rings. The lowest BCUT2D eigenvalue weighted by Crippen LogP contribution is -2.40. The number of aryl methyl sites for hydroxylation is 1. The number of fused-ring (bicyclic) bond motifs is 3. The summed E-state index contributed by atoms with van der Waals surface area (Å²) < 4.78 is 1.71. The number of piperidine rings is 1. The van der Waals surface area contributed by atoms with Gasteiger partial charge in [-0.05, 0) is 32.6 Å². The number of nitrogens with zero attached hydrogens (tertiary/aromatic N) is 3. The van der Waals surface area contributed by atoms with Gasteiger partial charge in [-0.2, -0.15) is 5.10 Å². The van der Waals surface area contributed by atoms with Crippen molar-refractivity contribution in [3.05, 3.63) is 29.7 Å². The lowest BCUT2D eigenvalue weighted by Gasteiger charge is -2.27. The Morgan fingerprint density at radius 1 is 1.35 bits per heavy atom. The van der Waals surface area contributed by atoms with Crippen LogP contribution >= 0.6 is 0 Å². The van der Waals surface area contributed by atoms with Crippen LogP contribution < -0.4 is 5.32 Å². The van der Waals surface area contributed by atoms with Gasteiger partial charge in [-0.1, -0.05) is 0 Å². The summed E-state index contributed by atoms with van der Waals surface area (Å²) in [6.07, 6.45) is 7.87. The Morgan fingerprint density at radius 3 is 2.85 bits per heavy atom. The Balaban J connectivity index is 1.63. The summed E-state index contributed by atoms with van der Waals surface area (Å²) in [6.45, 7) is 1.93. The first-order chi connectivity index (χ1) is 9.69. The second-order valence-corrected chi connectivity index (χ2v) is 6.10. The Labute approximate surface area is 117 Å². The highest BCUT2D eigenvalue weighted by molar-refractivity contribution is 5.97. The van der Waals surface area contributed by atoms with Gasteiger partial charge in [0.05, 0.1) is 11.3 Å². The number of aromatic nitrogens is 3. The minimum Gasteiger partial charge on any atom is -0.311 e. The molecular formula is C15H18N4O. The van der Waals surface area contributed by atoms with E-state index in [1.807, 2.05) is 19.2 Å². The van der Waals surface area contributed by atoms with E-state index in [2.05, 4.69) is 15.4 Å². The largest absolute Gasteiger partial charge is 0.311 e. The monoisotopic (exact) mass is 270 g/mol. The van der Waals surface area contributed by atoms with Crippen LogP contribution in [0.2, 0.25) is 0 Å². The van der Waals surface area contributed by atoms with Gasteiger partial charge in [0.2, 0.25) is 0 Å². The molecule has 4 heterocycles. The summed E-state index contributed by atoms with van der Waals surface area (Å²) in [4.78, 5) is 17.0. The van der Waals surface area contributed by atoms with Gasteiger partial charge in [0.15, 0.2) is 11.4 Å². The van der Waals surface area contributed by atoms with E-state index in [4.69, 9.17) is 0 Å². The van der Waals surface area contributed by atoms with Crippen molar-refractivity contribution in [3.8, 4) is 0 Å². The number of carbonyl (C=O) groups is 1. The Bertz CT molecular complexity index is 666. The molecule has 2 fully saturated rings. The second-order valence-electron chi connectivity index (χ2n) is 6.10. The minimum atomic E-state index is 0.143. The third kappa shape index (κ3) is 1.93. The van der Waals surface area contributed by atoms with Gasteiger partial charge < -0.3 is 5.32 Å². The van der Waals surface area contributed by atoms with Gasteiger partial charge in [0.1, 0.15) is 0 Å². The first kappa shape index (κ1) is 12.0. The van der Waals surface area contributed by atoms with Crippen molar-refractivity contribution in [2.75, 3.05) is 0 Å². The molecule has 5 heteroatoms. The van der Waals surface area contributed by atoms with Crippen molar-refractivity contribution >= 4 is 11.4 Å². The number of nitrogens with one attached hydrogen (secondary N) is 1. The SMILES string of the molecule is Cc1cc2ncc(C(=O)C3CC4CCC(C3)N4)cn2n1. The van der Waals surface area contributed by atoms with Crippen LogP contribution in [-0.4, -0.2) is 32.5 Å². The van der Waals surface area contributed by atoms with Crippen molar-refractivity contribution in [1.29, 1.82) is 0 Å². The molecule has 1 N–H and O–H groups in total. The van der Waals surface area contributed by atoms with E-state index in [0.29, 0.717) is 17.6 Å². The fourth-order valence-corrected chi connectivity index (χ4v) is 3.63. The molecule has 5 nitrogen and oxygen atoms in total. The molecular weight excluding hydrogens is 252 g/mol. The molecule has 2 aromatic rings. The van der Waals surface area contributed by atoms with E-state index in [0.717, 1.165) is 24.2 Å². The highest BCUT2D eigenvalue weighted by Gasteiger charge is 2.36. The molecule has 0 saturated carbocycles. The molecule has 20 heavy (non-hydrogen) atoms. The average Bonchev–Trinajstić information content (AvgIpc) is 2.98. The first-order valence-electron chi connectivity index (χ1n) is 7.31. The maximum Gasteiger partial charge on any atom is 0.169 e. The average molecular weight is 270 g/mol. The summed E-state index contributed by atoms with van der Waals surface area (Å²) in [5.74, 6) is 0.371. The minimum absolute atomic E-state index is 0.143. The van der Waals surface area contributed by atoms with Crippen LogP contribution in [0.5, 0.6) is 0 Å².